The number of hydrogen-bond acceptors (Lipinski definition) is 3. The standard InChI is InChI=1S/C13H24N2O2/c1-3-4-5-8-15(2)13(16)12(14)11-6-9-17-10-7-11/h3,11-12H,1,4-10,14H2,2H3. The first-order chi connectivity index (χ1) is 8.16. The topological polar surface area (TPSA) is 55.6 Å². The van der Waals surface area contributed by atoms with Crippen LogP contribution in [-0.2, 0) is 9.53 Å². The van der Waals surface area contributed by atoms with Crippen LogP contribution in [0.3, 0.4) is 0 Å². The van der Waals surface area contributed by atoms with Gasteiger partial charge in [-0.05, 0) is 31.6 Å². The highest BCUT2D eigenvalue weighted by Crippen LogP contribution is 2.18. The number of carbonyl (C=O) groups excluding carboxylic acids is 1. The minimum Gasteiger partial charge on any atom is -0.381 e. The van der Waals surface area contributed by atoms with Crippen LogP contribution in [0, 0.1) is 5.92 Å². The molecule has 0 aromatic heterocycles. The second-order valence-corrected chi connectivity index (χ2v) is 4.67. The summed E-state index contributed by atoms with van der Waals surface area (Å²) in [7, 11) is 1.82. The molecule has 1 saturated heterocycles. The van der Waals surface area contributed by atoms with E-state index in [0.717, 1.165) is 45.4 Å². The van der Waals surface area contributed by atoms with Gasteiger partial charge in [0.15, 0.2) is 0 Å². The zero-order valence-corrected chi connectivity index (χ0v) is 10.7. The molecule has 1 fully saturated rings. The van der Waals surface area contributed by atoms with E-state index in [1.54, 1.807) is 4.90 Å². The normalized spacial score (nSPS) is 18.7. The Bertz CT molecular complexity index is 250. The average molecular weight is 240 g/mol. The molecule has 1 atom stereocenters. The van der Waals surface area contributed by atoms with Crippen LogP contribution < -0.4 is 5.73 Å². The maximum absolute atomic E-state index is 12.1. The van der Waals surface area contributed by atoms with Crippen LogP contribution in [0.2, 0.25) is 0 Å². The van der Waals surface area contributed by atoms with E-state index in [4.69, 9.17) is 10.5 Å². The van der Waals surface area contributed by atoms with Gasteiger partial charge in [0.05, 0.1) is 6.04 Å². The van der Waals surface area contributed by atoms with Crippen molar-refractivity contribution in [3.63, 3.8) is 0 Å². The fourth-order valence-corrected chi connectivity index (χ4v) is 2.11. The Morgan fingerprint density at radius 2 is 2.24 bits per heavy atom. The van der Waals surface area contributed by atoms with E-state index in [1.807, 2.05) is 13.1 Å². The molecule has 2 N–H and O–H groups in total. The number of nitrogens with two attached hydrogens (primary N) is 1. The smallest absolute Gasteiger partial charge is 0.239 e. The Labute approximate surface area is 104 Å². The largest absolute Gasteiger partial charge is 0.381 e. The second-order valence-electron chi connectivity index (χ2n) is 4.67. The van der Waals surface area contributed by atoms with Gasteiger partial charge in [0.25, 0.3) is 0 Å². The summed E-state index contributed by atoms with van der Waals surface area (Å²) in [6.45, 7) is 5.88. The van der Waals surface area contributed by atoms with Crippen LogP contribution in [0.15, 0.2) is 12.7 Å². The summed E-state index contributed by atoms with van der Waals surface area (Å²) in [5.74, 6) is 0.332. The third kappa shape index (κ3) is 4.48. The molecule has 1 aliphatic rings. The van der Waals surface area contributed by atoms with Crippen LogP contribution in [0.25, 0.3) is 0 Å². The van der Waals surface area contributed by atoms with Crippen molar-refractivity contribution >= 4 is 5.91 Å². The summed E-state index contributed by atoms with van der Waals surface area (Å²) in [4.78, 5) is 13.8. The van der Waals surface area contributed by atoms with Gasteiger partial charge in [-0.1, -0.05) is 6.08 Å². The quantitative estimate of drug-likeness (QED) is 0.560. The minimum absolute atomic E-state index is 0.0564. The molecule has 0 saturated carbocycles. The van der Waals surface area contributed by atoms with Gasteiger partial charge in [-0.3, -0.25) is 4.79 Å². The highest BCUT2D eigenvalue weighted by molar-refractivity contribution is 5.81. The molecule has 17 heavy (non-hydrogen) atoms. The first-order valence-electron chi connectivity index (χ1n) is 6.36. The van der Waals surface area contributed by atoms with Crippen LogP contribution in [0.5, 0.6) is 0 Å². The molecule has 1 aliphatic heterocycles. The van der Waals surface area contributed by atoms with E-state index in [0.29, 0.717) is 0 Å². The van der Waals surface area contributed by atoms with Crippen molar-refractivity contribution in [3.8, 4) is 0 Å². The van der Waals surface area contributed by atoms with Crippen molar-refractivity contribution < 1.29 is 9.53 Å². The van der Waals surface area contributed by atoms with E-state index in [-0.39, 0.29) is 17.9 Å². The van der Waals surface area contributed by atoms with E-state index in [1.165, 1.54) is 0 Å². The van der Waals surface area contributed by atoms with Crippen molar-refractivity contribution in [1.82, 2.24) is 4.90 Å². The third-order valence-electron chi connectivity index (χ3n) is 3.34. The first kappa shape index (κ1) is 14.2. The fraction of sp³-hybridized carbons (Fsp3) is 0.769. The number of unbranched alkanes of at least 4 members (excludes halogenated alkanes) is 1. The van der Waals surface area contributed by atoms with E-state index >= 15 is 0 Å². The highest BCUT2D eigenvalue weighted by Gasteiger charge is 2.28. The van der Waals surface area contributed by atoms with Gasteiger partial charge in [0.2, 0.25) is 5.91 Å². The molecule has 0 spiro atoms. The number of likely N-dealkylation sites (N-methyl/N-ethyl adjacent to an activating group) is 1. The van der Waals surface area contributed by atoms with Crippen molar-refractivity contribution in [2.75, 3.05) is 26.8 Å². The Morgan fingerprint density at radius 3 is 2.82 bits per heavy atom. The van der Waals surface area contributed by atoms with E-state index in [9.17, 15) is 4.79 Å². The average Bonchev–Trinajstić information content (AvgIpc) is 2.38. The fourth-order valence-electron chi connectivity index (χ4n) is 2.11. The Balaban J connectivity index is 2.35. The maximum atomic E-state index is 12.1. The molecule has 0 aromatic carbocycles. The molecular weight excluding hydrogens is 216 g/mol. The predicted molar refractivity (Wildman–Crippen MR) is 68.6 cm³/mol. The molecule has 0 bridgehead atoms. The monoisotopic (exact) mass is 240 g/mol. The Kier molecular flexibility index (Phi) is 6.22. The van der Waals surface area contributed by atoms with Gasteiger partial charge in [-0.2, -0.15) is 0 Å². The van der Waals surface area contributed by atoms with Gasteiger partial charge in [-0.25, -0.2) is 0 Å². The van der Waals surface area contributed by atoms with Crippen molar-refractivity contribution in [1.29, 1.82) is 0 Å². The zero-order valence-electron chi connectivity index (χ0n) is 10.7. The molecule has 1 unspecified atom stereocenters. The molecule has 4 nitrogen and oxygen atoms in total. The van der Waals surface area contributed by atoms with Crippen LogP contribution in [-0.4, -0.2) is 43.7 Å². The number of allylic oxidation sites excluding steroid dienone is 1. The van der Waals surface area contributed by atoms with Gasteiger partial charge >= 0.3 is 0 Å². The van der Waals surface area contributed by atoms with Gasteiger partial charge in [-0.15, -0.1) is 6.58 Å². The minimum atomic E-state index is -0.368. The number of ether oxygens (including phenoxy) is 1. The lowest BCUT2D eigenvalue weighted by Gasteiger charge is -2.29. The van der Waals surface area contributed by atoms with Crippen molar-refractivity contribution in [3.05, 3.63) is 12.7 Å². The second kappa shape index (κ2) is 7.45. The molecule has 1 amide bonds. The molecule has 0 radical (unpaired) electrons. The number of amides is 1. The Hall–Kier alpha value is -0.870. The Morgan fingerprint density at radius 1 is 1.59 bits per heavy atom. The molecule has 1 rings (SSSR count). The summed E-state index contributed by atoms with van der Waals surface area (Å²) in [6, 6.07) is -0.368. The lowest BCUT2D eigenvalue weighted by molar-refractivity contribution is -0.133. The molecule has 98 valence electrons. The number of rotatable bonds is 6. The van der Waals surface area contributed by atoms with Crippen LogP contribution in [0.4, 0.5) is 0 Å². The van der Waals surface area contributed by atoms with Crippen molar-refractivity contribution in [2.24, 2.45) is 11.7 Å². The van der Waals surface area contributed by atoms with Crippen LogP contribution in [0.1, 0.15) is 25.7 Å². The van der Waals surface area contributed by atoms with Gasteiger partial charge in [0.1, 0.15) is 0 Å². The van der Waals surface area contributed by atoms with Crippen molar-refractivity contribution in [2.45, 2.75) is 31.7 Å². The highest BCUT2D eigenvalue weighted by atomic mass is 16.5. The summed E-state index contributed by atoms with van der Waals surface area (Å²) in [5, 5.41) is 0. The number of nitrogens with zero attached hydrogens (tertiary/aromatic N) is 1. The van der Waals surface area contributed by atoms with Gasteiger partial charge < -0.3 is 15.4 Å². The molecule has 4 heteroatoms. The SMILES string of the molecule is C=CCCCN(C)C(=O)C(N)C1CCOCC1. The molecule has 0 aliphatic carbocycles. The summed E-state index contributed by atoms with van der Waals surface area (Å²) < 4.78 is 5.28. The molecule has 1 heterocycles. The number of hydrogen-bond donors (Lipinski definition) is 1. The summed E-state index contributed by atoms with van der Waals surface area (Å²) >= 11 is 0. The van der Waals surface area contributed by atoms with E-state index < -0.39 is 0 Å². The lowest BCUT2D eigenvalue weighted by Crippen LogP contribution is -2.47. The summed E-state index contributed by atoms with van der Waals surface area (Å²) in [6.07, 6.45) is 5.55. The lowest BCUT2D eigenvalue weighted by atomic mass is 9.91. The molecular formula is C13H24N2O2. The van der Waals surface area contributed by atoms with E-state index in [2.05, 4.69) is 6.58 Å². The third-order valence-corrected chi connectivity index (χ3v) is 3.34. The van der Waals surface area contributed by atoms with Gasteiger partial charge in [0, 0.05) is 26.8 Å². The maximum Gasteiger partial charge on any atom is 0.239 e. The van der Waals surface area contributed by atoms with Crippen LogP contribution >= 0.6 is 0 Å². The zero-order chi connectivity index (χ0) is 12.7. The first-order valence-corrected chi connectivity index (χ1v) is 6.36. The predicted octanol–water partition coefficient (Wildman–Crippen LogP) is 1.16. The number of carbonyl (C=O) groups is 1. The molecule has 0 aromatic rings. The summed E-state index contributed by atoms with van der Waals surface area (Å²) in [5.41, 5.74) is 6.03.